The third kappa shape index (κ3) is 5.17. The molecule has 0 atom stereocenters. The average molecular weight is 424 g/mol. The second kappa shape index (κ2) is 9.29. The molecule has 0 saturated carbocycles. The molecule has 1 fully saturated rings. The zero-order chi connectivity index (χ0) is 20.1. The second-order valence-electron chi connectivity index (χ2n) is 6.55. The molecule has 1 aromatic carbocycles. The number of hydrogen-bond donors (Lipinski definition) is 1. The van der Waals surface area contributed by atoms with E-state index in [0.29, 0.717) is 47.7 Å². The molecule has 3 rings (SSSR count). The maximum absolute atomic E-state index is 12.4. The summed E-state index contributed by atoms with van der Waals surface area (Å²) in [5, 5.41) is 9.57. The fourth-order valence-corrected chi connectivity index (χ4v) is 3.86. The van der Waals surface area contributed by atoms with E-state index in [1.165, 1.54) is 11.8 Å². The molecule has 1 aromatic heterocycles. The highest BCUT2D eigenvalue weighted by atomic mass is 35.5. The van der Waals surface area contributed by atoms with Gasteiger partial charge in [-0.3, -0.25) is 9.59 Å². The first kappa shape index (κ1) is 20.5. The Bertz CT molecular complexity index is 834. The quantitative estimate of drug-likeness (QED) is 0.682. The van der Waals surface area contributed by atoms with E-state index in [4.69, 9.17) is 22.1 Å². The van der Waals surface area contributed by atoms with Crippen molar-refractivity contribution in [3.8, 4) is 5.75 Å². The second-order valence-corrected chi connectivity index (χ2v) is 7.93. The van der Waals surface area contributed by atoms with Gasteiger partial charge in [0.15, 0.2) is 11.0 Å². The lowest BCUT2D eigenvalue weighted by Gasteiger charge is -2.30. The molecule has 8 nitrogen and oxygen atoms in total. The molecule has 0 unspecified atom stereocenters. The van der Waals surface area contributed by atoms with E-state index in [0.717, 1.165) is 0 Å². The highest BCUT2D eigenvalue weighted by Gasteiger charge is 2.26. The third-order valence-electron chi connectivity index (χ3n) is 4.68. The van der Waals surface area contributed by atoms with Gasteiger partial charge in [0.25, 0.3) is 0 Å². The zero-order valence-corrected chi connectivity index (χ0v) is 17.1. The first-order valence-electron chi connectivity index (χ1n) is 8.90. The molecular formula is C18H22ClN5O3S. The predicted molar refractivity (Wildman–Crippen MR) is 106 cm³/mol. The van der Waals surface area contributed by atoms with Crippen LogP contribution in [0.3, 0.4) is 0 Å². The minimum absolute atomic E-state index is 0.0230. The average Bonchev–Trinajstić information content (AvgIpc) is 3.05. The van der Waals surface area contributed by atoms with Crippen molar-refractivity contribution in [1.82, 2.24) is 19.7 Å². The number of halogens is 1. The smallest absolute Gasteiger partial charge is 0.233 e. The van der Waals surface area contributed by atoms with Gasteiger partial charge in [0.2, 0.25) is 11.8 Å². The molecule has 1 aliphatic rings. The van der Waals surface area contributed by atoms with E-state index in [2.05, 4.69) is 10.2 Å². The van der Waals surface area contributed by atoms with E-state index in [9.17, 15) is 9.59 Å². The zero-order valence-electron chi connectivity index (χ0n) is 15.5. The van der Waals surface area contributed by atoms with Crippen molar-refractivity contribution in [3.05, 3.63) is 35.1 Å². The summed E-state index contributed by atoms with van der Waals surface area (Å²) in [5.74, 6) is 1.23. The minimum atomic E-state index is -0.283. The van der Waals surface area contributed by atoms with Crippen molar-refractivity contribution in [2.45, 2.75) is 24.6 Å². The molecule has 2 amide bonds. The van der Waals surface area contributed by atoms with Crippen LogP contribution in [0.2, 0.25) is 5.02 Å². The number of nitrogens with two attached hydrogens (primary N) is 1. The molecular weight excluding hydrogens is 402 g/mol. The van der Waals surface area contributed by atoms with E-state index in [1.807, 2.05) is 11.6 Å². The number of amides is 2. The number of thioether (sulfide) groups is 1. The maximum Gasteiger partial charge on any atom is 0.233 e. The van der Waals surface area contributed by atoms with Gasteiger partial charge in [0, 0.05) is 31.1 Å². The van der Waals surface area contributed by atoms with Gasteiger partial charge in [-0.25, -0.2) is 0 Å². The molecule has 0 radical (unpaired) electrons. The van der Waals surface area contributed by atoms with Crippen molar-refractivity contribution >= 4 is 35.2 Å². The molecule has 0 aliphatic carbocycles. The van der Waals surface area contributed by atoms with Crippen LogP contribution >= 0.6 is 23.4 Å². The first-order chi connectivity index (χ1) is 13.4. The Labute approximate surface area is 172 Å². The number of hydrogen-bond acceptors (Lipinski definition) is 6. The van der Waals surface area contributed by atoms with Gasteiger partial charge in [-0.1, -0.05) is 23.4 Å². The topological polar surface area (TPSA) is 103 Å². The molecule has 0 bridgehead atoms. The molecule has 1 aliphatic heterocycles. The summed E-state index contributed by atoms with van der Waals surface area (Å²) in [4.78, 5) is 25.4. The van der Waals surface area contributed by atoms with Crippen LogP contribution in [0.4, 0.5) is 0 Å². The maximum atomic E-state index is 12.4. The van der Waals surface area contributed by atoms with Crippen LogP contribution in [0.25, 0.3) is 0 Å². The number of aromatic nitrogens is 3. The molecule has 10 heteroatoms. The lowest BCUT2D eigenvalue weighted by atomic mass is 9.96. The normalized spacial score (nSPS) is 14.9. The van der Waals surface area contributed by atoms with Gasteiger partial charge in [-0.05, 0) is 37.1 Å². The number of rotatable bonds is 7. The number of benzene rings is 1. The lowest BCUT2D eigenvalue weighted by Crippen LogP contribution is -2.42. The molecule has 2 aromatic rings. The largest absolute Gasteiger partial charge is 0.486 e. The summed E-state index contributed by atoms with van der Waals surface area (Å²) in [5.41, 5.74) is 5.33. The highest BCUT2D eigenvalue weighted by molar-refractivity contribution is 7.99. The third-order valence-corrected chi connectivity index (χ3v) is 5.94. The van der Waals surface area contributed by atoms with Crippen LogP contribution in [0.1, 0.15) is 18.7 Å². The fraction of sp³-hybridized carbons (Fsp3) is 0.444. The van der Waals surface area contributed by atoms with Crippen LogP contribution in [0, 0.1) is 5.92 Å². The van der Waals surface area contributed by atoms with Gasteiger partial charge < -0.3 is 19.9 Å². The number of carbonyl (C=O) groups is 2. The van der Waals surface area contributed by atoms with Crippen LogP contribution in [-0.4, -0.2) is 50.3 Å². The van der Waals surface area contributed by atoms with Gasteiger partial charge in [-0.15, -0.1) is 10.2 Å². The van der Waals surface area contributed by atoms with Gasteiger partial charge >= 0.3 is 0 Å². The van der Waals surface area contributed by atoms with Crippen LogP contribution in [0.5, 0.6) is 5.75 Å². The van der Waals surface area contributed by atoms with Crippen LogP contribution in [0.15, 0.2) is 29.4 Å². The number of carbonyl (C=O) groups excluding carboxylic acids is 2. The van der Waals surface area contributed by atoms with Crippen molar-refractivity contribution < 1.29 is 14.3 Å². The van der Waals surface area contributed by atoms with Crippen molar-refractivity contribution in [1.29, 1.82) is 0 Å². The Morgan fingerprint density at radius 3 is 2.57 bits per heavy atom. The Balaban J connectivity index is 1.48. The number of piperidine rings is 1. The van der Waals surface area contributed by atoms with Gasteiger partial charge in [0.05, 0.1) is 5.75 Å². The molecule has 28 heavy (non-hydrogen) atoms. The minimum Gasteiger partial charge on any atom is -0.486 e. The number of likely N-dealkylation sites (tertiary alicyclic amines) is 1. The first-order valence-corrected chi connectivity index (χ1v) is 10.3. The molecule has 2 N–H and O–H groups in total. The summed E-state index contributed by atoms with van der Waals surface area (Å²) in [6.07, 6.45) is 1.25. The number of ether oxygens (including phenoxy) is 1. The number of nitrogens with zero attached hydrogens (tertiary/aromatic N) is 4. The summed E-state index contributed by atoms with van der Waals surface area (Å²) >= 11 is 7.19. The molecule has 1 saturated heterocycles. The number of primary amides is 1. The van der Waals surface area contributed by atoms with E-state index in [1.54, 1.807) is 29.2 Å². The molecule has 0 spiro atoms. The van der Waals surface area contributed by atoms with Crippen molar-refractivity contribution in [2.75, 3.05) is 18.8 Å². The van der Waals surface area contributed by atoms with Gasteiger partial charge in [-0.2, -0.15) is 0 Å². The van der Waals surface area contributed by atoms with E-state index in [-0.39, 0.29) is 30.1 Å². The van der Waals surface area contributed by atoms with Crippen LogP contribution < -0.4 is 10.5 Å². The Kier molecular flexibility index (Phi) is 6.79. The SMILES string of the molecule is Cn1c(COc2ccc(Cl)cc2)nnc1SCC(=O)N1CCC(C(N)=O)CC1. The Hall–Kier alpha value is -2.26. The summed E-state index contributed by atoms with van der Waals surface area (Å²) in [6, 6.07) is 7.09. The van der Waals surface area contributed by atoms with Crippen molar-refractivity contribution in [2.24, 2.45) is 18.7 Å². The van der Waals surface area contributed by atoms with Crippen LogP contribution in [-0.2, 0) is 23.2 Å². The van der Waals surface area contributed by atoms with E-state index >= 15 is 0 Å². The van der Waals surface area contributed by atoms with Gasteiger partial charge in [0.1, 0.15) is 12.4 Å². The molecule has 2 heterocycles. The summed E-state index contributed by atoms with van der Waals surface area (Å²) in [7, 11) is 1.84. The lowest BCUT2D eigenvalue weighted by molar-refractivity contribution is -0.132. The van der Waals surface area contributed by atoms with E-state index < -0.39 is 0 Å². The summed E-state index contributed by atoms with van der Waals surface area (Å²) in [6.45, 7) is 1.39. The summed E-state index contributed by atoms with van der Waals surface area (Å²) < 4.78 is 7.50. The molecule has 150 valence electrons. The fourth-order valence-electron chi connectivity index (χ4n) is 2.91. The predicted octanol–water partition coefficient (Wildman–Crippen LogP) is 1.86. The monoisotopic (exact) mass is 423 g/mol. The Morgan fingerprint density at radius 1 is 1.25 bits per heavy atom. The Morgan fingerprint density at radius 2 is 1.93 bits per heavy atom. The van der Waals surface area contributed by atoms with Crippen molar-refractivity contribution in [3.63, 3.8) is 0 Å². The highest BCUT2D eigenvalue weighted by Crippen LogP contribution is 2.21. The standard InChI is InChI=1S/C18H22ClN5O3S/c1-23-15(10-27-14-4-2-13(19)3-5-14)21-22-18(23)28-11-16(25)24-8-6-12(7-9-24)17(20)26/h2-5,12H,6-11H2,1H3,(H2,20,26).